The molecule has 0 bridgehead atoms. The van der Waals surface area contributed by atoms with Crippen molar-refractivity contribution in [1.82, 2.24) is 0 Å². The maximum absolute atomic E-state index is 10.7. The second-order valence-corrected chi connectivity index (χ2v) is 4.53. The smallest absolute Gasteiger partial charge is 0.305 e. The summed E-state index contributed by atoms with van der Waals surface area (Å²) in [5.41, 5.74) is 0. The second-order valence-electron chi connectivity index (χ2n) is 2.63. The van der Waals surface area contributed by atoms with Crippen molar-refractivity contribution in [2.75, 3.05) is 0 Å². The topological polar surface area (TPSA) is 46.5 Å². The first kappa shape index (κ1) is 10.9. The lowest BCUT2D eigenvalue weighted by molar-refractivity contribution is -0.184. The van der Waals surface area contributed by atoms with Crippen molar-refractivity contribution in [1.29, 1.82) is 0 Å². The fraction of sp³-hybridized carbons (Fsp3) is 0.375. The average molecular weight is 312 g/mol. The largest absolute Gasteiger partial charge is 0.428 e. The number of carbonyl (C=O) groups is 1. The van der Waals surface area contributed by atoms with E-state index in [1.165, 1.54) is 13.0 Å². The molecule has 0 aromatic carbocycles. The molecule has 0 spiro atoms. The summed E-state index contributed by atoms with van der Waals surface area (Å²) in [7, 11) is 0. The van der Waals surface area contributed by atoms with Gasteiger partial charge >= 0.3 is 5.97 Å². The first-order valence-electron chi connectivity index (χ1n) is 3.56. The predicted molar refractivity (Wildman–Crippen MR) is 55.6 cm³/mol. The SMILES string of the molecule is CC(=O)O[C@@]1(O)C=CC(Br)=C[C@H]1Br. The lowest BCUT2D eigenvalue weighted by Crippen LogP contribution is -2.41. The van der Waals surface area contributed by atoms with E-state index in [4.69, 9.17) is 4.74 Å². The maximum Gasteiger partial charge on any atom is 0.305 e. The minimum absolute atomic E-state index is 0.441. The number of halogens is 2. The zero-order valence-corrected chi connectivity index (χ0v) is 10.0. The molecule has 0 saturated heterocycles. The molecule has 1 aliphatic carbocycles. The van der Waals surface area contributed by atoms with Crippen LogP contribution in [-0.2, 0) is 9.53 Å². The molecular weight excluding hydrogens is 304 g/mol. The molecular formula is C8H8Br2O3. The first-order chi connectivity index (χ1) is 5.94. The first-order valence-corrected chi connectivity index (χ1v) is 5.27. The van der Waals surface area contributed by atoms with Crippen molar-refractivity contribution in [3.05, 3.63) is 22.7 Å². The Hall–Kier alpha value is -0.130. The molecule has 0 aromatic rings. The zero-order valence-electron chi connectivity index (χ0n) is 6.83. The quantitative estimate of drug-likeness (QED) is 0.457. The highest BCUT2D eigenvalue weighted by Gasteiger charge is 2.36. The van der Waals surface area contributed by atoms with E-state index >= 15 is 0 Å². The van der Waals surface area contributed by atoms with Gasteiger partial charge in [0.2, 0.25) is 5.79 Å². The molecule has 0 aromatic heterocycles. The van der Waals surface area contributed by atoms with Crippen LogP contribution in [0, 0.1) is 0 Å². The lowest BCUT2D eigenvalue weighted by atomic mass is 10.1. The summed E-state index contributed by atoms with van der Waals surface area (Å²) in [4.78, 5) is 10.2. The molecule has 0 aliphatic heterocycles. The van der Waals surface area contributed by atoms with Crippen LogP contribution in [0.15, 0.2) is 22.7 Å². The van der Waals surface area contributed by atoms with E-state index in [2.05, 4.69) is 31.9 Å². The number of esters is 1. The van der Waals surface area contributed by atoms with Crippen molar-refractivity contribution in [2.24, 2.45) is 0 Å². The van der Waals surface area contributed by atoms with Gasteiger partial charge in [0.05, 0.1) is 0 Å². The molecule has 0 saturated carbocycles. The molecule has 1 rings (SSSR count). The van der Waals surface area contributed by atoms with Gasteiger partial charge in [-0.15, -0.1) is 0 Å². The molecule has 3 nitrogen and oxygen atoms in total. The number of carbonyl (C=O) groups excluding carboxylic acids is 1. The van der Waals surface area contributed by atoms with Crippen LogP contribution in [0.3, 0.4) is 0 Å². The Balaban J connectivity index is 2.82. The Labute approximate surface area is 92.7 Å². The van der Waals surface area contributed by atoms with Crippen molar-refractivity contribution < 1.29 is 14.6 Å². The molecule has 1 aliphatic rings. The van der Waals surface area contributed by atoms with E-state index in [9.17, 15) is 9.90 Å². The van der Waals surface area contributed by atoms with Gasteiger partial charge in [0.15, 0.2) is 0 Å². The van der Waals surface area contributed by atoms with E-state index in [1.54, 1.807) is 12.2 Å². The summed E-state index contributed by atoms with van der Waals surface area (Å²) in [5.74, 6) is -2.11. The highest BCUT2D eigenvalue weighted by atomic mass is 79.9. The molecule has 0 unspecified atom stereocenters. The standard InChI is InChI=1S/C8H8Br2O3/c1-5(11)13-8(12)3-2-6(9)4-7(8)10/h2-4,7,12H,1H3/t7-,8+/m1/s1. The van der Waals surface area contributed by atoms with Gasteiger partial charge in [-0.05, 0) is 18.2 Å². The molecule has 13 heavy (non-hydrogen) atoms. The van der Waals surface area contributed by atoms with Gasteiger partial charge < -0.3 is 9.84 Å². The fourth-order valence-corrected chi connectivity index (χ4v) is 2.21. The highest BCUT2D eigenvalue weighted by molar-refractivity contribution is 9.12. The summed E-state index contributed by atoms with van der Waals surface area (Å²) in [6.45, 7) is 1.25. The Morgan fingerprint density at radius 1 is 1.77 bits per heavy atom. The van der Waals surface area contributed by atoms with Crippen molar-refractivity contribution >= 4 is 37.8 Å². The Bertz CT molecular complexity index is 285. The van der Waals surface area contributed by atoms with Gasteiger partial charge in [-0.3, -0.25) is 4.79 Å². The minimum Gasteiger partial charge on any atom is -0.428 e. The fourth-order valence-electron chi connectivity index (χ4n) is 0.926. The number of hydrogen-bond donors (Lipinski definition) is 1. The number of allylic oxidation sites excluding steroid dienone is 2. The highest BCUT2D eigenvalue weighted by Crippen LogP contribution is 2.30. The predicted octanol–water partition coefficient (Wildman–Crippen LogP) is 1.85. The number of alkyl halides is 1. The van der Waals surface area contributed by atoms with Crippen LogP contribution < -0.4 is 0 Å². The summed E-state index contributed by atoms with van der Waals surface area (Å²) in [6, 6.07) is 0. The second kappa shape index (κ2) is 3.94. The summed E-state index contributed by atoms with van der Waals surface area (Å²) in [6.07, 6.45) is 4.74. The third-order valence-corrected chi connectivity index (χ3v) is 2.94. The van der Waals surface area contributed by atoms with Crippen LogP contribution in [0.4, 0.5) is 0 Å². The van der Waals surface area contributed by atoms with Gasteiger partial charge in [-0.1, -0.05) is 31.9 Å². The van der Waals surface area contributed by atoms with Gasteiger partial charge in [0.1, 0.15) is 4.83 Å². The number of hydrogen-bond acceptors (Lipinski definition) is 3. The summed E-state index contributed by atoms with van der Waals surface area (Å²) in [5, 5.41) is 9.79. The van der Waals surface area contributed by atoms with Crippen LogP contribution in [0.25, 0.3) is 0 Å². The van der Waals surface area contributed by atoms with Gasteiger partial charge in [0.25, 0.3) is 0 Å². The Kier molecular flexibility index (Phi) is 3.32. The number of aliphatic hydroxyl groups is 1. The number of ether oxygens (including phenoxy) is 1. The van der Waals surface area contributed by atoms with Gasteiger partial charge in [-0.2, -0.15) is 0 Å². The van der Waals surface area contributed by atoms with Crippen LogP contribution >= 0.6 is 31.9 Å². The molecule has 0 fully saturated rings. The van der Waals surface area contributed by atoms with Gasteiger partial charge in [0, 0.05) is 11.4 Å². The molecule has 0 radical (unpaired) electrons. The summed E-state index contributed by atoms with van der Waals surface area (Å²) < 4.78 is 5.58. The molecule has 2 atom stereocenters. The van der Waals surface area contributed by atoms with E-state index in [-0.39, 0.29) is 0 Å². The Morgan fingerprint density at radius 3 is 2.85 bits per heavy atom. The molecule has 0 amide bonds. The van der Waals surface area contributed by atoms with E-state index in [0.717, 1.165) is 4.48 Å². The minimum atomic E-state index is -1.58. The van der Waals surface area contributed by atoms with Crippen molar-refractivity contribution in [3.8, 4) is 0 Å². The van der Waals surface area contributed by atoms with Crippen LogP contribution in [-0.4, -0.2) is 21.7 Å². The Morgan fingerprint density at radius 2 is 2.38 bits per heavy atom. The third-order valence-electron chi connectivity index (χ3n) is 1.49. The molecule has 1 N–H and O–H groups in total. The average Bonchev–Trinajstić information content (AvgIpc) is 1.97. The van der Waals surface area contributed by atoms with E-state index < -0.39 is 16.6 Å². The lowest BCUT2D eigenvalue weighted by Gasteiger charge is -2.29. The van der Waals surface area contributed by atoms with Crippen LogP contribution in [0.2, 0.25) is 0 Å². The number of rotatable bonds is 1. The summed E-state index contributed by atoms with van der Waals surface area (Å²) >= 11 is 6.43. The maximum atomic E-state index is 10.7. The molecule has 72 valence electrons. The monoisotopic (exact) mass is 310 g/mol. The van der Waals surface area contributed by atoms with E-state index in [1.807, 2.05) is 0 Å². The van der Waals surface area contributed by atoms with Crippen LogP contribution in [0.5, 0.6) is 0 Å². The third kappa shape index (κ3) is 2.65. The van der Waals surface area contributed by atoms with E-state index in [0.29, 0.717) is 0 Å². The molecule has 0 heterocycles. The molecule has 5 heteroatoms. The van der Waals surface area contributed by atoms with Crippen molar-refractivity contribution in [3.63, 3.8) is 0 Å². The van der Waals surface area contributed by atoms with Crippen LogP contribution in [0.1, 0.15) is 6.92 Å². The zero-order chi connectivity index (χ0) is 10.1. The van der Waals surface area contributed by atoms with Gasteiger partial charge in [-0.25, -0.2) is 0 Å². The van der Waals surface area contributed by atoms with Crippen molar-refractivity contribution in [2.45, 2.75) is 17.5 Å². The normalized spacial score (nSPS) is 32.6.